The Balaban J connectivity index is 3.94. The number of amides is 1. The van der Waals surface area contributed by atoms with Gasteiger partial charge in [-0.1, -0.05) is 13.3 Å². The van der Waals surface area contributed by atoms with E-state index in [0.29, 0.717) is 19.5 Å². The molecule has 0 spiro atoms. The molecule has 0 saturated carbocycles. The van der Waals surface area contributed by atoms with Crippen LogP contribution in [0.3, 0.4) is 0 Å². The molecule has 8 heteroatoms. The van der Waals surface area contributed by atoms with Crippen molar-refractivity contribution in [2.24, 2.45) is 5.92 Å². The first-order valence-electron chi connectivity index (χ1n) is 10.1. The lowest BCUT2D eigenvalue weighted by Gasteiger charge is -2.19. The van der Waals surface area contributed by atoms with Crippen molar-refractivity contribution in [2.45, 2.75) is 65.3 Å². The molecule has 3 N–H and O–H groups in total. The van der Waals surface area contributed by atoms with Gasteiger partial charge in [0.25, 0.3) is 0 Å². The maximum atomic E-state index is 12.1. The van der Waals surface area contributed by atoms with E-state index in [0.717, 1.165) is 32.1 Å². The van der Waals surface area contributed by atoms with Crippen molar-refractivity contribution >= 4 is 23.4 Å². The third-order valence-electron chi connectivity index (χ3n) is 4.57. The lowest BCUT2D eigenvalue weighted by atomic mass is 10.0. The van der Waals surface area contributed by atoms with Gasteiger partial charge >= 0.3 is 5.97 Å². The highest BCUT2D eigenvalue weighted by Gasteiger charge is 2.15. The van der Waals surface area contributed by atoms with E-state index >= 15 is 0 Å². The fourth-order valence-electron chi connectivity index (χ4n) is 3.01. The highest BCUT2D eigenvalue weighted by atomic mass is 16.4. The molecule has 28 heavy (non-hydrogen) atoms. The van der Waals surface area contributed by atoms with Crippen molar-refractivity contribution in [1.82, 2.24) is 15.5 Å². The number of carboxylic acid groups (broad SMARTS) is 1. The number of nitrogens with one attached hydrogen (secondary N) is 2. The van der Waals surface area contributed by atoms with Crippen molar-refractivity contribution in [1.29, 1.82) is 0 Å². The minimum Gasteiger partial charge on any atom is -0.480 e. The van der Waals surface area contributed by atoms with Crippen LogP contribution in [0.4, 0.5) is 0 Å². The van der Waals surface area contributed by atoms with Crippen molar-refractivity contribution in [3.05, 3.63) is 0 Å². The van der Waals surface area contributed by atoms with Gasteiger partial charge in [-0.25, -0.2) is 0 Å². The van der Waals surface area contributed by atoms with Gasteiger partial charge in [0, 0.05) is 12.5 Å². The molecule has 0 saturated heterocycles. The fourth-order valence-corrected chi connectivity index (χ4v) is 3.01. The van der Waals surface area contributed by atoms with Crippen LogP contribution in [0.5, 0.6) is 0 Å². The maximum Gasteiger partial charge on any atom is 0.320 e. The molecule has 162 valence electrons. The van der Waals surface area contributed by atoms with Crippen LogP contribution >= 0.6 is 0 Å². The Morgan fingerprint density at radius 3 is 2.00 bits per heavy atom. The number of carboxylic acids is 1. The molecule has 0 aliphatic heterocycles. The van der Waals surface area contributed by atoms with Crippen LogP contribution in [-0.4, -0.2) is 72.7 Å². The number of nitrogens with zero attached hydrogens (tertiary/aromatic N) is 1. The second kappa shape index (κ2) is 15.2. The average Bonchev–Trinajstić information content (AvgIpc) is 2.59. The Bertz CT molecular complexity index is 494. The Hall–Kier alpha value is -1.80. The molecule has 0 radical (unpaired) electrons. The van der Waals surface area contributed by atoms with E-state index in [9.17, 15) is 19.2 Å². The van der Waals surface area contributed by atoms with Crippen LogP contribution in [0.25, 0.3) is 0 Å². The van der Waals surface area contributed by atoms with Crippen molar-refractivity contribution in [3.8, 4) is 0 Å². The molecule has 0 aromatic carbocycles. The van der Waals surface area contributed by atoms with Crippen LogP contribution < -0.4 is 10.6 Å². The van der Waals surface area contributed by atoms with E-state index in [1.54, 1.807) is 7.05 Å². The zero-order valence-corrected chi connectivity index (χ0v) is 17.8. The number of hydrogen-bond donors (Lipinski definition) is 3. The summed E-state index contributed by atoms with van der Waals surface area (Å²) in [5.74, 6) is -0.868. The second-order valence-corrected chi connectivity index (χ2v) is 7.48. The number of unbranched alkanes of at least 4 members (excludes halogenated alkanes) is 2. The molecule has 2 atom stereocenters. The molecule has 0 aromatic heterocycles. The number of Topliss-reactive ketones (excluding diaryl/α,β-unsaturated/α-hetero) is 2. The number of rotatable bonds is 17. The Morgan fingerprint density at radius 2 is 1.50 bits per heavy atom. The first-order valence-corrected chi connectivity index (χ1v) is 10.1. The Kier molecular flexibility index (Phi) is 14.2. The minimum absolute atomic E-state index is 0.00716. The fraction of sp³-hybridized carbons (Fsp3) is 0.800. The van der Waals surface area contributed by atoms with Gasteiger partial charge < -0.3 is 15.7 Å². The quantitative estimate of drug-likeness (QED) is 0.315. The van der Waals surface area contributed by atoms with Crippen LogP contribution in [0.2, 0.25) is 0 Å². The number of ketones is 2. The summed E-state index contributed by atoms with van der Waals surface area (Å²) in [6, 6.07) is -0.541. The first-order chi connectivity index (χ1) is 13.2. The summed E-state index contributed by atoms with van der Waals surface area (Å²) in [6.07, 6.45) is 4.45. The van der Waals surface area contributed by atoms with Crippen LogP contribution in [0, 0.1) is 5.92 Å². The van der Waals surface area contributed by atoms with E-state index in [-0.39, 0.29) is 36.5 Å². The van der Waals surface area contributed by atoms with Crippen LogP contribution in [-0.2, 0) is 19.2 Å². The monoisotopic (exact) mass is 399 g/mol. The van der Waals surface area contributed by atoms with Crippen molar-refractivity contribution in [3.63, 3.8) is 0 Å². The van der Waals surface area contributed by atoms with Gasteiger partial charge in [0.2, 0.25) is 5.91 Å². The molecule has 1 amide bonds. The molecule has 8 nitrogen and oxygen atoms in total. The summed E-state index contributed by atoms with van der Waals surface area (Å²) in [4.78, 5) is 47.4. The molecule has 0 rings (SSSR count). The van der Waals surface area contributed by atoms with Crippen LogP contribution in [0.15, 0.2) is 0 Å². The standard InChI is InChI=1S/C20H37N3O5/c1-15(9-6-8-12-23(13-16(2)24)14-17(3)25)19(26)22-11-7-5-10-18(21-4)20(27)28/h15,18,21H,5-14H2,1-4H3,(H,22,26)(H,27,28). The van der Waals surface area contributed by atoms with E-state index in [4.69, 9.17) is 5.11 Å². The lowest BCUT2D eigenvalue weighted by molar-refractivity contribution is -0.139. The van der Waals surface area contributed by atoms with E-state index in [1.807, 2.05) is 11.8 Å². The molecule has 2 unspecified atom stereocenters. The highest BCUT2D eigenvalue weighted by Crippen LogP contribution is 2.09. The molecule has 0 aliphatic carbocycles. The number of hydrogen-bond acceptors (Lipinski definition) is 6. The largest absolute Gasteiger partial charge is 0.480 e. The first kappa shape index (κ1) is 26.2. The van der Waals surface area contributed by atoms with E-state index in [1.165, 1.54) is 13.8 Å². The number of carbonyl (C=O) groups excluding carboxylic acids is 3. The average molecular weight is 400 g/mol. The topological polar surface area (TPSA) is 116 Å². The summed E-state index contributed by atoms with van der Waals surface area (Å²) in [5, 5.41) is 14.6. The van der Waals surface area contributed by atoms with Gasteiger partial charge in [-0.2, -0.15) is 0 Å². The minimum atomic E-state index is -0.856. The summed E-state index contributed by atoms with van der Waals surface area (Å²) >= 11 is 0. The van der Waals surface area contributed by atoms with Gasteiger partial charge in [-0.3, -0.25) is 24.1 Å². The van der Waals surface area contributed by atoms with Gasteiger partial charge in [0.05, 0.1) is 13.1 Å². The third kappa shape index (κ3) is 13.4. The van der Waals surface area contributed by atoms with Gasteiger partial charge in [0.15, 0.2) is 0 Å². The lowest BCUT2D eigenvalue weighted by Crippen LogP contribution is -2.34. The van der Waals surface area contributed by atoms with Crippen molar-refractivity contribution < 1.29 is 24.3 Å². The number of likely N-dealkylation sites (N-methyl/N-ethyl adjacent to an activating group) is 1. The summed E-state index contributed by atoms with van der Waals surface area (Å²) in [6.45, 7) is 6.70. The highest BCUT2D eigenvalue weighted by molar-refractivity contribution is 5.80. The third-order valence-corrected chi connectivity index (χ3v) is 4.57. The molecule has 0 heterocycles. The van der Waals surface area contributed by atoms with E-state index in [2.05, 4.69) is 10.6 Å². The molecule has 0 aliphatic rings. The maximum absolute atomic E-state index is 12.1. The summed E-state index contributed by atoms with van der Waals surface area (Å²) < 4.78 is 0. The summed E-state index contributed by atoms with van der Waals surface area (Å²) in [7, 11) is 1.63. The predicted molar refractivity (Wildman–Crippen MR) is 108 cm³/mol. The molecular formula is C20H37N3O5. The van der Waals surface area contributed by atoms with Gasteiger partial charge in [-0.15, -0.1) is 0 Å². The predicted octanol–water partition coefficient (Wildman–Crippen LogP) is 1.23. The molecule has 0 bridgehead atoms. The smallest absolute Gasteiger partial charge is 0.320 e. The number of aliphatic carboxylic acids is 1. The van der Waals surface area contributed by atoms with Gasteiger partial charge in [-0.05, 0) is 59.5 Å². The Morgan fingerprint density at radius 1 is 0.929 bits per heavy atom. The molecule has 0 fully saturated rings. The summed E-state index contributed by atoms with van der Waals surface area (Å²) in [5.41, 5.74) is 0. The molecule has 0 aromatic rings. The number of carbonyl (C=O) groups is 4. The Labute approximate surface area is 168 Å². The van der Waals surface area contributed by atoms with Gasteiger partial charge in [0.1, 0.15) is 17.6 Å². The van der Waals surface area contributed by atoms with E-state index < -0.39 is 12.0 Å². The zero-order chi connectivity index (χ0) is 21.5. The van der Waals surface area contributed by atoms with Crippen LogP contribution in [0.1, 0.15) is 59.3 Å². The normalized spacial score (nSPS) is 13.2. The second-order valence-electron chi connectivity index (χ2n) is 7.48. The SMILES string of the molecule is CNC(CCCCNC(=O)C(C)CCCCN(CC(C)=O)CC(C)=O)C(=O)O. The zero-order valence-electron chi connectivity index (χ0n) is 17.8. The van der Waals surface area contributed by atoms with Crippen molar-refractivity contribution in [2.75, 3.05) is 33.2 Å². The molecular weight excluding hydrogens is 362 g/mol.